The summed E-state index contributed by atoms with van der Waals surface area (Å²) in [7, 11) is -3.82. The second-order valence-electron chi connectivity index (χ2n) is 15.5. The second kappa shape index (κ2) is 13.1. The van der Waals surface area contributed by atoms with Crippen molar-refractivity contribution in [2.24, 2.45) is 28.6 Å². The number of hydrogen-bond acceptors (Lipinski definition) is 8. The molecule has 11 heteroatoms. The normalized spacial score (nSPS) is 26.8. The van der Waals surface area contributed by atoms with Crippen LogP contribution in [0.4, 0.5) is 4.79 Å². The Morgan fingerprint density at radius 2 is 1.69 bits per heavy atom. The molecule has 2 bridgehead atoms. The highest BCUT2D eigenvalue weighted by molar-refractivity contribution is 7.90. The highest BCUT2D eigenvalue weighted by Gasteiger charge is 2.72. The van der Waals surface area contributed by atoms with E-state index in [-0.39, 0.29) is 36.2 Å². The summed E-state index contributed by atoms with van der Waals surface area (Å²) in [5.41, 5.74) is 2.11. The lowest BCUT2D eigenvalue weighted by atomic mass is 9.69. The van der Waals surface area contributed by atoms with Gasteiger partial charge in [0.15, 0.2) is 0 Å². The van der Waals surface area contributed by atoms with E-state index in [9.17, 15) is 18.0 Å². The molecule has 4 aliphatic rings. The van der Waals surface area contributed by atoms with Gasteiger partial charge in [0.2, 0.25) is 21.8 Å². The minimum atomic E-state index is -3.82. The highest BCUT2D eigenvalue weighted by Crippen LogP contribution is 2.70. The van der Waals surface area contributed by atoms with Crippen LogP contribution in [0.1, 0.15) is 50.1 Å². The molecule has 2 saturated heterocycles. The molecular formula is C41H45N3O7S. The van der Waals surface area contributed by atoms with Crippen LogP contribution in [0.5, 0.6) is 11.5 Å². The molecule has 52 heavy (non-hydrogen) atoms. The lowest BCUT2D eigenvalue weighted by Crippen LogP contribution is -2.48. The number of hydrogen-bond donors (Lipinski definition) is 0. The molecule has 2 saturated carbocycles. The average Bonchev–Trinajstić information content (AvgIpc) is 3.88. The first-order chi connectivity index (χ1) is 24.9. The van der Waals surface area contributed by atoms with Crippen LogP contribution in [0.2, 0.25) is 0 Å². The Balaban J connectivity index is 0.995. The zero-order valence-electron chi connectivity index (χ0n) is 29.9. The summed E-state index contributed by atoms with van der Waals surface area (Å²) in [6, 6.07) is 26.0. The third kappa shape index (κ3) is 5.96. The minimum absolute atomic E-state index is 0.0118. The van der Waals surface area contributed by atoms with Crippen molar-refractivity contribution in [1.29, 1.82) is 0 Å². The maximum absolute atomic E-state index is 14.6. The number of benzene rings is 3. The third-order valence-corrected chi connectivity index (χ3v) is 14.4. The van der Waals surface area contributed by atoms with Gasteiger partial charge in [0.25, 0.3) is 0 Å². The second-order valence-corrected chi connectivity index (χ2v) is 17.4. The number of sulfonamides is 1. The van der Waals surface area contributed by atoms with E-state index in [1.54, 1.807) is 29.2 Å². The van der Waals surface area contributed by atoms with Crippen LogP contribution in [0.25, 0.3) is 11.5 Å². The molecule has 1 spiro atoms. The largest absolute Gasteiger partial charge is 0.493 e. The number of para-hydroxylation sites is 1. The molecule has 3 heterocycles. The quantitative estimate of drug-likeness (QED) is 0.183. The number of oxazole rings is 1. The molecule has 2 amide bonds. The van der Waals surface area contributed by atoms with Crippen LogP contribution >= 0.6 is 0 Å². The summed E-state index contributed by atoms with van der Waals surface area (Å²) in [4.78, 5) is 34.3. The first kappa shape index (κ1) is 34.4. The van der Waals surface area contributed by atoms with Crippen molar-refractivity contribution in [3.8, 4) is 23.0 Å². The molecule has 4 aromatic rings. The molecule has 2 unspecified atom stereocenters. The van der Waals surface area contributed by atoms with Crippen LogP contribution in [0, 0.1) is 35.5 Å². The summed E-state index contributed by atoms with van der Waals surface area (Å²) < 4.78 is 46.8. The standard InChI is InChI=1S/C41H45N3O7S/c1-27-35(42-37(50-27)29-12-6-4-7-13-29)18-20-49-33-16-10-11-28(22-33)21-30-24-43(39(46)51-32-14-8-5-9-15-32)25-34(30)38(45)44-36-23-31-17-19-41(36,40(31,2)3)26-52(44,47)48/h4-16,22,30-31,34,36H,17-21,23-26H2,1-3H3/t30-,31?,34+,36?,41+/m1/s1. The van der Waals surface area contributed by atoms with Crippen molar-refractivity contribution in [2.75, 3.05) is 25.4 Å². The van der Waals surface area contributed by atoms with Crippen LogP contribution in [-0.2, 0) is 27.7 Å². The van der Waals surface area contributed by atoms with E-state index in [0.29, 0.717) is 49.2 Å². The van der Waals surface area contributed by atoms with E-state index in [2.05, 4.69) is 18.8 Å². The molecule has 0 radical (unpaired) electrons. The average molecular weight is 724 g/mol. The fraction of sp³-hybridized carbons (Fsp3) is 0.439. The molecule has 1 aromatic heterocycles. The van der Waals surface area contributed by atoms with Crippen LogP contribution in [0.3, 0.4) is 0 Å². The Hall–Kier alpha value is -4.64. The number of carbonyl (C=O) groups is 2. The number of carbonyl (C=O) groups excluding carboxylic acids is 2. The summed E-state index contributed by atoms with van der Waals surface area (Å²) >= 11 is 0. The van der Waals surface area contributed by atoms with Gasteiger partial charge in [0.05, 0.1) is 30.0 Å². The van der Waals surface area contributed by atoms with Gasteiger partial charge in [-0.25, -0.2) is 22.5 Å². The van der Waals surface area contributed by atoms with Crippen molar-refractivity contribution in [3.05, 3.63) is 102 Å². The number of fused-ring (bicyclic) bond motifs is 1. The number of aromatic nitrogens is 1. The molecule has 272 valence electrons. The highest BCUT2D eigenvalue weighted by atomic mass is 32.2. The molecule has 3 aromatic carbocycles. The number of rotatable bonds is 9. The molecular weight excluding hydrogens is 679 g/mol. The zero-order valence-corrected chi connectivity index (χ0v) is 30.7. The Kier molecular flexibility index (Phi) is 8.67. The van der Waals surface area contributed by atoms with E-state index < -0.39 is 33.4 Å². The first-order valence-electron chi connectivity index (χ1n) is 18.3. The Bertz CT molecular complexity index is 2080. The molecule has 4 fully saturated rings. The van der Waals surface area contributed by atoms with E-state index in [4.69, 9.17) is 13.9 Å². The van der Waals surface area contributed by atoms with E-state index >= 15 is 0 Å². The van der Waals surface area contributed by atoms with E-state index in [1.165, 1.54) is 4.31 Å². The summed E-state index contributed by atoms with van der Waals surface area (Å²) in [5, 5.41) is 0. The summed E-state index contributed by atoms with van der Waals surface area (Å²) in [6.45, 7) is 7.00. The molecule has 2 aliphatic carbocycles. The molecule has 0 N–H and O–H groups in total. The third-order valence-electron chi connectivity index (χ3n) is 12.5. The first-order valence-corrected chi connectivity index (χ1v) is 19.9. The number of likely N-dealkylation sites (tertiary alicyclic amines) is 1. The van der Waals surface area contributed by atoms with E-state index in [1.807, 2.05) is 67.6 Å². The van der Waals surface area contributed by atoms with Gasteiger partial charge in [0.1, 0.15) is 17.3 Å². The Labute approximate surface area is 305 Å². The summed E-state index contributed by atoms with van der Waals surface area (Å²) in [6.07, 6.45) is 2.99. The topological polar surface area (TPSA) is 119 Å². The number of amides is 2. The monoisotopic (exact) mass is 723 g/mol. The molecule has 5 atom stereocenters. The van der Waals surface area contributed by atoms with Gasteiger partial charge in [-0.2, -0.15) is 0 Å². The Morgan fingerprint density at radius 3 is 2.44 bits per heavy atom. The van der Waals surface area contributed by atoms with Crippen LogP contribution < -0.4 is 9.47 Å². The predicted molar refractivity (Wildman–Crippen MR) is 195 cm³/mol. The summed E-state index contributed by atoms with van der Waals surface area (Å²) in [5.74, 6) is 1.41. The van der Waals surface area contributed by atoms with Gasteiger partial charge in [-0.05, 0) is 91.8 Å². The van der Waals surface area contributed by atoms with Crippen LogP contribution in [0.15, 0.2) is 89.3 Å². The molecule has 8 rings (SSSR count). The van der Waals surface area contributed by atoms with Crippen molar-refractivity contribution >= 4 is 22.0 Å². The smallest absolute Gasteiger partial charge is 0.415 e. The number of aryl methyl sites for hydroxylation is 1. The maximum atomic E-state index is 14.6. The van der Waals surface area contributed by atoms with Gasteiger partial charge in [-0.3, -0.25) is 4.79 Å². The fourth-order valence-electron chi connectivity index (χ4n) is 9.60. The van der Waals surface area contributed by atoms with Crippen LogP contribution in [-0.4, -0.2) is 66.1 Å². The molecule has 2 aliphatic heterocycles. The maximum Gasteiger partial charge on any atom is 0.415 e. The van der Waals surface area contributed by atoms with Crippen molar-refractivity contribution in [2.45, 2.75) is 58.9 Å². The molecule has 10 nitrogen and oxygen atoms in total. The van der Waals surface area contributed by atoms with Gasteiger partial charge in [-0.1, -0.05) is 62.4 Å². The minimum Gasteiger partial charge on any atom is -0.493 e. The van der Waals surface area contributed by atoms with Gasteiger partial charge in [0, 0.05) is 30.5 Å². The lowest BCUT2D eigenvalue weighted by molar-refractivity contribution is -0.134. The predicted octanol–water partition coefficient (Wildman–Crippen LogP) is 6.93. The SMILES string of the molecule is Cc1oc(-c2ccccc2)nc1CCOc1cccc(C[C@@H]2CN(C(=O)Oc3ccccc3)C[C@@H]2C(=O)N2C3CC4CC[C@@]3(CS2(=O)=O)C4(C)C)c1. The van der Waals surface area contributed by atoms with Gasteiger partial charge < -0.3 is 18.8 Å². The number of nitrogens with zero attached hydrogens (tertiary/aromatic N) is 3. The Morgan fingerprint density at radius 1 is 0.962 bits per heavy atom. The van der Waals surface area contributed by atoms with Crippen molar-refractivity contribution < 1.29 is 31.9 Å². The number of ether oxygens (including phenoxy) is 2. The fourth-order valence-corrected chi connectivity index (χ4v) is 12.2. The van der Waals surface area contributed by atoms with Gasteiger partial charge in [-0.15, -0.1) is 0 Å². The van der Waals surface area contributed by atoms with Gasteiger partial charge >= 0.3 is 6.09 Å². The van der Waals surface area contributed by atoms with Crippen molar-refractivity contribution in [1.82, 2.24) is 14.2 Å². The van der Waals surface area contributed by atoms with E-state index in [0.717, 1.165) is 35.4 Å². The zero-order chi connectivity index (χ0) is 36.3. The lowest BCUT2D eigenvalue weighted by Gasteiger charge is -2.37. The van der Waals surface area contributed by atoms with Crippen molar-refractivity contribution in [3.63, 3.8) is 0 Å².